The van der Waals surface area contributed by atoms with E-state index in [1.165, 1.54) is 5.57 Å². The molecule has 0 nitrogen and oxygen atoms in total. The molecular formula is C12H20. The van der Waals surface area contributed by atoms with Gasteiger partial charge in [-0.25, -0.2) is 0 Å². The van der Waals surface area contributed by atoms with Crippen LogP contribution in [-0.4, -0.2) is 0 Å². The third kappa shape index (κ3) is 8.96. The van der Waals surface area contributed by atoms with E-state index < -0.39 is 0 Å². The Kier molecular flexibility index (Phi) is 14.2. The van der Waals surface area contributed by atoms with Crippen LogP contribution in [0.15, 0.2) is 48.6 Å². The second-order valence-corrected chi connectivity index (χ2v) is 1.88. The summed E-state index contributed by atoms with van der Waals surface area (Å²) < 4.78 is 0. The van der Waals surface area contributed by atoms with Crippen molar-refractivity contribution in [3.05, 3.63) is 48.6 Å². The predicted octanol–water partition coefficient (Wildman–Crippen LogP) is 4.28. The summed E-state index contributed by atoms with van der Waals surface area (Å²) >= 11 is 0. The normalized spacial score (nSPS) is 11.5. The first-order chi connectivity index (χ1) is 5.85. The van der Waals surface area contributed by atoms with Crippen LogP contribution in [0.2, 0.25) is 0 Å². The molecule has 0 bridgehead atoms. The molecule has 0 atom stereocenters. The van der Waals surface area contributed by atoms with Crippen molar-refractivity contribution in [2.45, 2.75) is 27.7 Å². The van der Waals surface area contributed by atoms with E-state index in [9.17, 15) is 0 Å². The summed E-state index contributed by atoms with van der Waals surface area (Å²) in [6.45, 7) is 11.6. The molecule has 0 radical (unpaired) electrons. The van der Waals surface area contributed by atoms with E-state index in [-0.39, 0.29) is 0 Å². The Morgan fingerprint density at radius 3 is 2.00 bits per heavy atom. The summed E-state index contributed by atoms with van der Waals surface area (Å²) in [5.41, 5.74) is 1.21. The highest BCUT2D eigenvalue weighted by Gasteiger charge is 1.77. The highest BCUT2D eigenvalue weighted by atomic mass is 13.8. The van der Waals surface area contributed by atoms with Crippen LogP contribution >= 0.6 is 0 Å². The third-order valence-electron chi connectivity index (χ3n) is 1.12. The quantitative estimate of drug-likeness (QED) is 0.546. The Bertz CT molecular complexity index is 168. The first-order valence-electron chi connectivity index (χ1n) is 4.43. The number of allylic oxidation sites excluding steroid dienone is 7. The van der Waals surface area contributed by atoms with Crippen molar-refractivity contribution in [2.75, 3.05) is 0 Å². The van der Waals surface area contributed by atoms with E-state index in [1.54, 1.807) is 6.08 Å². The molecule has 0 rings (SSSR count). The molecule has 0 aliphatic carbocycles. The van der Waals surface area contributed by atoms with Crippen LogP contribution in [0.5, 0.6) is 0 Å². The standard InChI is InChI=1S/C10H14.C2H6/c1-4-7-9-10(6-3)8-5-2;1-2/h4-9H,1H2,2-3H3;1-2H3/b8-5+,9-7-,10-6-;. The molecular weight excluding hydrogens is 144 g/mol. The van der Waals surface area contributed by atoms with Crippen LogP contribution in [-0.2, 0) is 0 Å². The van der Waals surface area contributed by atoms with E-state index in [0.717, 1.165) is 0 Å². The van der Waals surface area contributed by atoms with Crippen molar-refractivity contribution in [3.63, 3.8) is 0 Å². The van der Waals surface area contributed by atoms with E-state index in [0.29, 0.717) is 0 Å². The second-order valence-electron chi connectivity index (χ2n) is 1.88. The van der Waals surface area contributed by atoms with Gasteiger partial charge in [-0.3, -0.25) is 0 Å². The lowest BCUT2D eigenvalue weighted by atomic mass is 10.2. The zero-order chi connectivity index (χ0) is 9.82. The van der Waals surface area contributed by atoms with Crippen LogP contribution in [0.1, 0.15) is 27.7 Å². The number of hydrogen-bond donors (Lipinski definition) is 0. The molecule has 0 N–H and O–H groups in total. The molecule has 0 aromatic carbocycles. The summed E-state index contributed by atoms with van der Waals surface area (Å²) in [5, 5.41) is 0. The van der Waals surface area contributed by atoms with Gasteiger partial charge in [-0.2, -0.15) is 0 Å². The average molecular weight is 164 g/mol. The predicted molar refractivity (Wildman–Crippen MR) is 59.3 cm³/mol. The van der Waals surface area contributed by atoms with E-state index >= 15 is 0 Å². The molecule has 0 amide bonds. The summed E-state index contributed by atoms with van der Waals surface area (Å²) in [6, 6.07) is 0. The van der Waals surface area contributed by atoms with Gasteiger partial charge >= 0.3 is 0 Å². The lowest BCUT2D eigenvalue weighted by molar-refractivity contribution is 1.50. The molecule has 0 aliphatic heterocycles. The van der Waals surface area contributed by atoms with Crippen molar-refractivity contribution in [3.8, 4) is 0 Å². The highest BCUT2D eigenvalue weighted by Crippen LogP contribution is 1.98. The SMILES string of the molecule is C=C\C=C/C(=C\C)/C=C/C.CC. The molecule has 12 heavy (non-hydrogen) atoms. The van der Waals surface area contributed by atoms with Crippen molar-refractivity contribution in [1.82, 2.24) is 0 Å². The molecule has 0 spiro atoms. The number of rotatable bonds is 3. The maximum atomic E-state index is 3.59. The molecule has 0 saturated heterocycles. The van der Waals surface area contributed by atoms with Crippen molar-refractivity contribution in [1.29, 1.82) is 0 Å². The maximum Gasteiger partial charge on any atom is -0.0303 e. The molecule has 68 valence electrons. The zero-order valence-electron chi connectivity index (χ0n) is 8.67. The smallest absolute Gasteiger partial charge is 0.0303 e. The van der Waals surface area contributed by atoms with Gasteiger partial charge in [0.15, 0.2) is 0 Å². The Morgan fingerprint density at radius 2 is 1.67 bits per heavy atom. The van der Waals surface area contributed by atoms with Gasteiger partial charge in [-0.1, -0.05) is 56.9 Å². The zero-order valence-corrected chi connectivity index (χ0v) is 8.67. The lowest BCUT2D eigenvalue weighted by Crippen LogP contribution is -1.66. The van der Waals surface area contributed by atoms with Gasteiger partial charge in [0.1, 0.15) is 0 Å². The monoisotopic (exact) mass is 164 g/mol. The largest absolute Gasteiger partial charge is 0.0991 e. The first kappa shape index (κ1) is 13.5. The average Bonchev–Trinajstić information content (AvgIpc) is 2.15. The van der Waals surface area contributed by atoms with Gasteiger partial charge in [0.25, 0.3) is 0 Å². The topological polar surface area (TPSA) is 0 Å². The van der Waals surface area contributed by atoms with Gasteiger partial charge in [-0.15, -0.1) is 0 Å². The molecule has 0 unspecified atom stereocenters. The van der Waals surface area contributed by atoms with Crippen molar-refractivity contribution in [2.24, 2.45) is 0 Å². The van der Waals surface area contributed by atoms with Crippen LogP contribution in [0, 0.1) is 0 Å². The fourth-order valence-corrected chi connectivity index (χ4v) is 0.620. The minimum absolute atomic E-state index is 1.21. The van der Waals surface area contributed by atoms with Crippen LogP contribution in [0.3, 0.4) is 0 Å². The lowest BCUT2D eigenvalue weighted by Gasteiger charge is -1.87. The van der Waals surface area contributed by atoms with Gasteiger partial charge < -0.3 is 0 Å². The van der Waals surface area contributed by atoms with Gasteiger partial charge in [0, 0.05) is 0 Å². The molecule has 0 aromatic rings. The molecule has 0 saturated carbocycles. The Balaban J connectivity index is 0. The van der Waals surface area contributed by atoms with Crippen molar-refractivity contribution >= 4 is 0 Å². The van der Waals surface area contributed by atoms with Crippen LogP contribution in [0.25, 0.3) is 0 Å². The summed E-state index contributed by atoms with van der Waals surface area (Å²) in [6.07, 6.45) is 11.8. The molecule has 0 heteroatoms. The Labute approximate surface area is 77.0 Å². The summed E-state index contributed by atoms with van der Waals surface area (Å²) in [7, 11) is 0. The Hall–Kier alpha value is -1.04. The minimum atomic E-state index is 1.21. The van der Waals surface area contributed by atoms with Gasteiger partial charge in [0.2, 0.25) is 0 Å². The third-order valence-corrected chi connectivity index (χ3v) is 1.12. The van der Waals surface area contributed by atoms with Crippen LogP contribution in [0.4, 0.5) is 0 Å². The summed E-state index contributed by atoms with van der Waals surface area (Å²) in [5.74, 6) is 0. The highest BCUT2D eigenvalue weighted by molar-refractivity contribution is 5.31. The fraction of sp³-hybridized carbons (Fsp3) is 0.333. The molecule has 0 aliphatic rings. The van der Waals surface area contributed by atoms with E-state index in [2.05, 4.69) is 18.7 Å². The Morgan fingerprint density at radius 1 is 1.08 bits per heavy atom. The maximum absolute atomic E-state index is 3.59. The van der Waals surface area contributed by atoms with Gasteiger partial charge in [0.05, 0.1) is 0 Å². The van der Waals surface area contributed by atoms with Crippen LogP contribution < -0.4 is 0 Å². The van der Waals surface area contributed by atoms with Crippen molar-refractivity contribution < 1.29 is 0 Å². The molecule has 0 heterocycles. The van der Waals surface area contributed by atoms with E-state index in [1.807, 2.05) is 45.9 Å². The van der Waals surface area contributed by atoms with E-state index in [4.69, 9.17) is 0 Å². The minimum Gasteiger partial charge on any atom is -0.0991 e. The fourth-order valence-electron chi connectivity index (χ4n) is 0.620. The molecule has 0 fully saturated rings. The number of hydrogen-bond acceptors (Lipinski definition) is 0. The molecule has 0 aromatic heterocycles. The van der Waals surface area contributed by atoms with Gasteiger partial charge in [-0.05, 0) is 19.4 Å². The first-order valence-corrected chi connectivity index (χ1v) is 4.43. The summed E-state index contributed by atoms with van der Waals surface area (Å²) in [4.78, 5) is 0. The second kappa shape index (κ2) is 12.6.